The van der Waals surface area contributed by atoms with Crippen LogP contribution in [0.3, 0.4) is 0 Å². The normalized spacial score (nSPS) is 14.6. The van der Waals surface area contributed by atoms with Gasteiger partial charge in [-0.2, -0.15) is 13.2 Å². The lowest BCUT2D eigenvalue weighted by molar-refractivity contribution is -0.136. The molecule has 4 rings (SSSR count). The molecule has 0 spiro atoms. The Bertz CT molecular complexity index is 1010. The highest BCUT2D eigenvalue weighted by molar-refractivity contribution is 5.88. The third-order valence-electron chi connectivity index (χ3n) is 4.75. The average Bonchev–Trinajstić information content (AvgIpc) is 3.39. The number of pyridine rings is 1. The van der Waals surface area contributed by atoms with Crippen molar-refractivity contribution < 1.29 is 22.7 Å². The molecule has 0 unspecified atom stereocenters. The Hall–Kier alpha value is -2.68. The average molecular weight is 392 g/mol. The van der Waals surface area contributed by atoms with Crippen molar-refractivity contribution >= 4 is 16.9 Å². The first-order valence-corrected chi connectivity index (χ1v) is 9.08. The number of fused-ring (bicyclic) bond motifs is 1. The molecule has 28 heavy (non-hydrogen) atoms. The number of nitrogens with zero attached hydrogens (tertiary/aromatic N) is 3. The van der Waals surface area contributed by atoms with Crippen LogP contribution in [-0.2, 0) is 6.18 Å². The van der Waals surface area contributed by atoms with Crippen molar-refractivity contribution in [3.8, 4) is 11.6 Å². The summed E-state index contributed by atoms with van der Waals surface area (Å²) in [6.07, 6.45) is -2.17. The molecule has 0 amide bonds. The molecule has 0 atom stereocenters. The Balaban J connectivity index is 1.78. The van der Waals surface area contributed by atoms with Crippen LogP contribution in [0.5, 0.6) is 0 Å². The summed E-state index contributed by atoms with van der Waals surface area (Å²) in [5.41, 5.74) is 0.724. The summed E-state index contributed by atoms with van der Waals surface area (Å²) < 4.78 is 46.6. The van der Waals surface area contributed by atoms with E-state index in [1.165, 1.54) is 6.07 Å². The molecule has 2 aromatic heterocycles. The molecule has 9 heteroatoms. The second-order valence-electron chi connectivity index (χ2n) is 6.98. The third-order valence-corrected chi connectivity index (χ3v) is 4.75. The van der Waals surface area contributed by atoms with Crippen molar-refractivity contribution in [3.05, 3.63) is 34.9 Å². The fourth-order valence-electron chi connectivity index (χ4n) is 3.16. The predicted molar refractivity (Wildman–Crippen MR) is 96.9 cm³/mol. The second-order valence-corrected chi connectivity index (χ2v) is 6.98. The molecule has 1 fully saturated rings. The molecular weight excluding hydrogens is 373 g/mol. The van der Waals surface area contributed by atoms with Gasteiger partial charge in [-0.3, -0.25) is 0 Å². The van der Waals surface area contributed by atoms with E-state index in [1.54, 1.807) is 13.0 Å². The summed E-state index contributed by atoms with van der Waals surface area (Å²) in [4.78, 5) is 4.22. The molecule has 3 aromatic rings. The van der Waals surface area contributed by atoms with Crippen LogP contribution in [0.4, 0.5) is 19.2 Å². The number of anilines is 1. The quantitative estimate of drug-likeness (QED) is 0.609. The molecule has 148 valence electrons. The number of aromatic nitrogens is 3. The SMILES string of the molecule is Cc1cc(-c2nnc(NCCCO)o2)nc2c(C(F)(F)F)cc(C3CC3)cc12. The molecule has 1 aliphatic rings. The van der Waals surface area contributed by atoms with Crippen molar-refractivity contribution in [1.82, 2.24) is 15.2 Å². The minimum absolute atomic E-state index is 0.0164. The van der Waals surface area contributed by atoms with E-state index >= 15 is 0 Å². The van der Waals surface area contributed by atoms with Crippen LogP contribution in [0, 0.1) is 6.92 Å². The fraction of sp³-hybridized carbons (Fsp3) is 0.421. The Labute approximate surface area is 158 Å². The molecular formula is C19H19F3N4O2. The number of aliphatic hydroxyl groups is 1. The Morgan fingerprint density at radius 3 is 2.68 bits per heavy atom. The zero-order valence-electron chi connectivity index (χ0n) is 15.2. The second kappa shape index (κ2) is 7.05. The summed E-state index contributed by atoms with van der Waals surface area (Å²) >= 11 is 0. The Kier molecular flexibility index (Phi) is 4.70. The summed E-state index contributed by atoms with van der Waals surface area (Å²) in [6.45, 7) is 2.20. The summed E-state index contributed by atoms with van der Waals surface area (Å²) in [5.74, 6) is 0.240. The van der Waals surface area contributed by atoms with Gasteiger partial charge in [0.2, 0.25) is 0 Å². The zero-order chi connectivity index (χ0) is 19.9. The number of aliphatic hydroxyl groups excluding tert-OH is 1. The summed E-state index contributed by atoms with van der Waals surface area (Å²) in [7, 11) is 0. The molecule has 0 bridgehead atoms. The van der Waals surface area contributed by atoms with Crippen molar-refractivity contribution in [2.45, 2.75) is 38.3 Å². The van der Waals surface area contributed by atoms with E-state index in [4.69, 9.17) is 9.52 Å². The van der Waals surface area contributed by atoms with Gasteiger partial charge < -0.3 is 14.8 Å². The molecule has 0 radical (unpaired) electrons. The standard InChI is InChI=1S/C19H19F3N4O2/c1-10-7-15(17-25-26-18(28-17)23-5-2-6-27)24-16-13(10)8-12(11-3-4-11)9-14(16)19(20,21)22/h7-9,11,27H,2-6H2,1H3,(H,23,26). The zero-order valence-corrected chi connectivity index (χ0v) is 15.2. The van der Waals surface area contributed by atoms with Crippen LogP contribution in [-0.4, -0.2) is 33.4 Å². The van der Waals surface area contributed by atoms with Gasteiger partial charge in [0.1, 0.15) is 5.69 Å². The smallest absolute Gasteiger partial charge is 0.402 e. The number of hydrogen-bond acceptors (Lipinski definition) is 6. The van der Waals surface area contributed by atoms with E-state index in [9.17, 15) is 13.2 Å². The maximum atomic E-state index is 13.7. The lowest BCUT2D eigenvalue weighted by atomic mass is 9.98. The van der Waals surface area contributed by atoms with Crippen LogP contribution in [0.1, 0.15) is 41.9 Å². The first kappa shape index (κ1) is 18.7. The first-order chi connectivity index (χ1) is 13.4. The van der Waals surface area contributed by atoms with Gasteiger partial charge in [0.05, 0.1) is 11.1 Å². The van der Waals surface area contributed by atoms with E-state index in [2.05, 4.69) is 20.5 Å². The topological polar surface area (TPSA) is 84.1 Å². The highest BCUT2D eigenvalue weighted by Gasteiger charge is 2.36. The molecule has 0 saturated heterocycles. The molecule has 6 nitrogen and oxygen atoms in total. The summed E-state index contributed by atoms with van der Waals surface area (Å²) in [6, 6.07) is 4.81. The van der Waals surface area contributed by atoms with Gasteiger partial charge in [-0.05, 0) is 61.4 Å². The van der Waals surface area contributed by atoms with E-state index in [0.29, 0.717) is 29.5 Å². The molecule has 0 aliphatic heterocycles. The van der Waals surface area contributed by atoms with Gasteiger partial charge in [-0.25, -0.2) is 4.98 Å². The van der Waals surface area contributed by atoms with Gasteiger partial charge in [-0.1, -0.05) is 5.10 Å². The number of benzene rings is 1. The maximum Gasteiger partial charge on any atom is 0.418 e. The summed E-state index contributed by atoms with van der Waals surface area (Å²) in [5, 5.41) is 19.8. The Morgan fingerprint density at radius 1 is 1.21 bits per heavy atom. The molecule has 2 N–H and O–H groups in total. The molecule has 1 saturated carbocycles. The van der Waals surface area contributed by atoms with Crippen LogP contribution in [0.15, 0.2) is 22.6 Å². The van der Waals surface area contributed by atoms with Crippen LogP contribution >= 0.6 is 0 Å². The minimum atomic E-state index is -4.51. The van der Waals surface area contributed by atoms with E-state index < -0.39 is 11.7 Å². The third kappa shape index (κ3) is 3.66. The van der Waals surface area contributed by atoms with Crippen molar-refractivity contribution in [3.63, 3.8) is 0 Å². The largest absolute Gasteiger partial charge is 0.418 e. The highest BCUT2D eigenvalue weighted by Crippen LogP contribution is 2.45. The van der Waals surface area contributed by atoms with Crippen molar-refractivity contribution in [2.75, 3.05) is 18.5 Å². The maximum absolute atomic E-state index is 13.7. The van der Waals surface area contributed by atoms with Crippen molar-refractivity contribution in [2.24, 2.45) is 0 Å². The lowest BCUT2D eigenvalue weighted by Crippen LogP contribution is -2.08. The van der Waals surface area contributed by atoms with Gasteiger partial charge in [0.25, 0.3) is 5.89 Å². The van der Waals surface area contributed by atoms with Crippen LogP contribution in [0.2, 0.25) is 0 Å². The van der Waals surface area contributed by atoms with Crippen LogP contribution in [0.25, 0.3) is 22.5 Å². The minimum Gasteiger partial charge on any atom is -0.402 e. The number of rotatable bonds is 6. The molecule has 1 aliphatic carbocycles. The van der Waals surface area contributed by atoms with E-state index in [1.807, 2.05) is 6.07 Å². The monoisotopic (exact) mass is 392 g/mol. The Morgan fingerprint density at radius 2 is 2.00 bits per heavy atom. The van der Waals surface area contributed by atoms with E-state index in [0.717, 1.165) is 12.8 Å². The lowest BCUT2D eigenvalue weighted by Gasteiger charge is -2.14. The highest BCUT2D eigenvalue weighted by atomic mass is 19.4. The number of halogens is 3. The number of nitrogens with one attached hydrogen (secondary N) is 1. The number of aryl methyl sites for hydroxylation is 1. The van der Waals surface area contributed by atoms with Crippen LogP contribution < -0.4 is 5.32 Å². The van der Waals surface area contributed by atoms with Gasteiger partial charge in [-0.15, -0.1) is 5.10 Å². The van der Waals surface area contributed by atoms with Gasteiger partial charge in [0, 0.05) is 18.5 Å². The van der Waals surface area contributed by atoms with E-state index in [-0.39, 0.29) is 35.6 Å². The number of alkyl halides is 3. The fourth-order valence-corrected chi connectivity index (χ4v) is 3.16. The van der Waals surface area contributed by atoms with Crippen molar-refractivity contribution in [1.29, 1.82) is 0 Å². The molecule has 2 heterocycles. The van der Waals surface area contributed by atoms with Gasteiger partial charge >= 0.3 is 12.2 Å². The van der Waals surface area contributed by atoms with Gasteiger partial charge in [0.15, 0.2) is 0 Å². The number of hydrogen-bond donors (Lipinski definition) is 2. The first-order valence-electron chi connectivity index (χ1n) is 9.08. The molecule has 1 aromatic carbocycles. The predicted octanol–water partition coefficient (Wildman–Crippen LogP) is 4.28.